The minimum Gasteiger partial charge on any atom is -0.341 e. The van der Waals surface area contributed by atoms with Gasteiger partial charge in [-0.1, -0.05) is 25.1 Å². The molecule has 7 rings (SSSR count). The number of hydrogen-bond donors (Lipinski definition) is 0. The van der Waals surface area contributed by atoms with E-state index in [1.165, 1.54) is 11.6 Å². The van der Waals surface area contributed by atoms with Gasteiger partial charge in [0.15, 0.2) is 11.6 Å². The van der Waals surface area contributed by atoms with Crippen LogP contribution in [-0.2, 0) is 11.2 Å². The number of carbonyl (C=O) groups is 2. The van der Waals surface area contributed by atoms with Crippen LogP contribution in [0.5, 0.6) is 0 Å². The number of benzene rings is 2. The summed E-state index contributed by atoms with van der Waals surface area (Å²) < 4.78 is 27.1. The molecule has 0 N–H and O–H groups in total. The Labute approximate surface area is 257 Å². The lowest BCUT2D eigenvalue weighted by Crippen LogP contribution is -2.49. The molecule has 1 saturated carbocycles. The number of fused-ring (bicyclic) bond motifs is 1. The van der Waals surface area contributed by atoms with Gasteiger partial charge in [-0.3, -0.25) is 9.59 Å². The molecule has 4 aliphatic rings. The third-order valence-electron chi connectivity index (χ3n) is 10.4. The number of piperidine rings is 2. The van der Waals surface area contributed by atoms with Crippen molar-refractivity contribution in [3.05, 3.63) is 88.7 Å². The van der Waals surface area contributed by atoms with Crippen molar-refractivity contribution in [3.63, 3.8) is 0 Å². The lowest BCUT2D eigenvalue weighted by Gasteiger charge is -2.38. The fraction of sp³-hybridized carbons (Fsp3) is 0.486. The zero-order valence-electron chi connectivity index (χ0n) is 25.2. The molecule has 4 atom stereocenters. The van der Waals surface area contributed by atoms with Crippen molar-refractivity contribution in [2.75, 3.05) is 37.6 Å². The van der Waals surface area contributed by atoms with E-state index in [1.807, 2.05) is 34.3 Å². The van der Waals surface area contributed by atoms with E-state index >= 15 is 0 Å². The largest absolute Gasteiger partial charge is 0.341 e. The Balaban J connectivity index is 0.938. The van der Waals surface area contributed by atoms with E-state index in [4.69, 9.17) is 0 Å². The first-order valence-corrected chi connectivity index (χ1v) is 16.1. The number of halogens is 2. The number of rotatable bonds is 6. The zero-order chi connectivity index (χ0) is 30.4. The Bertz CT molecular complexity index is 1540. The van der Waals surface area contributed by atoms with Crippen LogP contribution in [0, 0.1) is 23.5 Å². The molecule has 9 heteroatoms. The number of amides is 2. The first-order valence-electron chi connectivity index (χ1n) is 16.1. The van der Waals surface area contributed by atoms with Gasteiger partial charge in [-0.05, 0) is 97.2 Å². The highest BCUT2D eigenvalue weighted by Gasteiger charge is 2.50. The van der Waals surface area contributed by atoms with Crippen LogP contribution in [-0.4, -0.2) is 70.3 Å². The molecule has 44 heavy (non-hydrogen) atoms. The number of hydrogen-bond acceptors (Lipinski definition) is 5. The minimum absolute atomic E-state index is 0.0430. The second-order valence-corrected chi connectivity index (χ2v) is 12.9. The molecule has 7 nitrogen and oxygen atoms in total. The summed E-state index contributed by atoms with van der Waals surface area (Å²) in [6, 6.07) is 12.2. The highest BCUT2D eigenvalue weighted by Crippen LogP contribution is 2.50. The fourth-order valence-corrected chi connectivity index (χ4v) is 7.65. The normalized spacial score (nSPS) is 25.2. The summed E-state index contributed by atoms with van der Waals surface area (Å²) in [6.45, 7) is 5.86. The summed E-state index contributed by atoms with van der Waals surface area (Å²) in [4.78, 5) is 42.4. The Kier molecular flexibility index (Phi) is 7.81. The SMILES string of the molecule is CCc1cnc(N2CCC(c3cccc(C(=O)N4CC[C@@H]5[C@@H](CCN5C(=O)C5CC5c5ccc(F)c(F)c5)C4)c3)CC2)nc1. The van der Waals surface area contributed by atoms with Crippen molar-refractivity contribution in [3.8, 4) is 0 Å². The van der Waals surface area contributed by atoms with Crippen LogP contribution < -0.4 is 4.90 Å². The number of carbonyl (C=O) groups excluding carboxylic acids is 2. The summed E-state index contributed by atoms with van der Waals surface area (Å²) >= 11 is 0. The summed E-state index contributed by atoms with van der Waals surface area (Å²) in [7, 11) is 0. The van der Waals surface area contributed by atoms with E-state index in [2.05, 4.69) is 33.9 Å². The van der Waals surface area contributed by atoms with Gasteiger partial charge in [0.2, 0.25) is 11.9 Å². The van der Waals surface area contributed by atoms with Gasteiger partial charge < -0.3 is 14.7 Å². The molecule has 4 heterocycles. The van der Waals surface area contributed by atoms with Gasteiger partial charge in [0.1, 0.15) is 0 Å². The second-order valence-electron chi connectivity index (χ2n) is 12.9. The molecule has 3 saturated heterocycles. The molecule has 1 aromatic heterocycles. The Morgan fingerprint density at radius 3 is 2.43 bits per heavy atom. The Hall–Kier alpha value is -3.88. The lowest BCUT2D eigenvalue weighted by atomic mass is 9.88. The van der Waals surface area contributed by atoms with Crippen molar-refractivity contribution < 1.29 is 18.4 Å². The molecule has 0 radical (unpaired) electrons. The molecule has 0 bridgehead atoms. The predicted octanol–water partition coefficient (Wildman–Crippen LogP) is 5.57. The predicted molar refractivity (Wildman–Crippen MR) is 163 cm³/mol. The average Bonchev–Trinajstić information content (AvgIpc) is 3.76. The molecule has 2 amide bonds. The molecular formula is C35H39F2N5O2. The molecule has 3 aromatic rings. The van der Waals surface area contributed by atoms with Crippen LogP contribution in [0.2, 0.25) is 0 Å². The second kappa shape index (κ2) is 11.9. The van der Waals surface area contributed by atoms with Gasteiger partial charge >= 0.3 is 0 Å². The number of nitrogens with zero attached hydrogens (tertiary/aromatic N) is 5. The van der Waals surface area contributed by atoms with Crippen LogP contribution in [0.1, 0.15) is 77.9 Å². The number of aryl methyl sites for hydroxylation is 1. The van der Waals surface area contributed by atoms with Crippen LogP contribution in [0.3, 0.4) is 0 Å². The van der Waals surface area contributed by atoms with Crippen molar-refractivity contribution in [1.82, 2.24) is 19.8 Å². The highest BCUT2D eigenvalue weighted by atomic mass is 19.2. The molecular weight excluding hydrogens is 560 g/mol. The molecule has 3 aliphatic heterocycles. The first kappa shape index (κ1) is 28.9. The monoisotopic (exact) mass is 599 g/mol. The maximum Gasteiger partial charge on any atom is 0.253 e. The van der Waals surface area contributed by atoms with E-state index in [-0.39, 0.29) is 35.6 Å². The van der Waals surface area contributed by atoms with Gasteiger partial charge in [0, 0.05) is 62.6 Å². The van der Waals surface area contributed by atoms with Gasteiger partial charge in [-0.15, -0.1) is 0 Å². The smallest absolute Gasteiger partial charge is 0.253 e. The van der Waals surface area contributed by atoms with Gasteiger partial charge in [0.05, 0.1) is 0 Å². The standard InChI is InChI=1S/C35H39F2N5O2/c1-2-22-19-38-35(39-20-22)40-12-8-23(9-13-40)24-4-3-5-26(16-24)33(43)41-14-11-32-27(21-41)10-15-42(32)34(44)29-18-28(29)25-6-7-30(36)31(37)17-25/h3-7,16-17,19-20,23,27-29,32H,2,8-15,18,21H2,1H3/t27-,28?,29?,32+/m0/s1. The van der Waals surface area contributed by atoms with Gasteiger partial charge in [0.25, 0.3) is 5.91 Å². The number of anilines is 1. The van der Waals surface area contributed by atoms with Crippen LogP contribution in [0.15, 0.2) is 54.9 Å². The van der Waals surface area contributed by atoms with Crippen LogP contribution >= 0.6 is 0 Å². The van der Waals surface area contributed by atoms with Crippen molar-refractivity contribution >= 4 is 17.8 Å². The van der Waals surface area contributed by atoms with Gasteiger partial charge in [-0.2, -0.15) is 0 Å². The lowest BCUT2D eigenvalue weighted by molar-refractivity contribution is -0.134. The summed E-state index contributed by atoms with van der Waals surface area (Å²) in [5.74, 6) is -0.296. The van der Waals surface area contributed by atoms with Crippen molar-refractivity contribution in [2.24, 2.45) is 11.8 Å². The minimum atomic E-state index is -0.863. The zero-order valence-corrected chi connectivity index (χ0v) is 25.2. The Morgan fingerprint density at radius 2 is 1.68 bits per heavy atom. The maximum absolute atomic E-state index is 13.7. The number of aromatic nitrogens is 2. The molecule has 2 aromatic carbocycles. The number of likely N-dealkylation sites (tertiary alicyclic amines) is 2. The highest BCUT2D eigenvalue weighted by molar-refractivity contribution is 5.94. The molecule has 0 spiro atoms. The van der Waals surface area contributed by atoms with E-state index in [0.717, 1.165) is 68.3 Å². The summed E-state index contributed by atoms with van der Waals surface area (Å²) in [6.07, 6.45) is 9.06. The molecule has 1 aliphatic carbocycles. The quantitative estimate of drug-likeness (QED) is 0.371. The molecule has 230 valence electrons. The molecule has 2 unspecified atom stereocenters. The van der Waals surface area contributed by atoms with Crippen LogP contribution in [0.25, 0.3) is 0 Å². The summed E-state index contributed by atoms with van der Waals surface area (Å²) in [5.41, 5.74) is 3.79. The molecule has 4 fully saturated rings. The van der Waals surface area contributed by atoms with Crippen molar-refractivity contribution in [1.29, 1.82) is 0 Å². The van der Waals surface area contributed by atoms with E-state index in [1.54, 1.807) is 6.07 Å². The maximum atomic E-state index is 13.7. The van der Waals surface area contributed by atoms with E-state index in [9.17, 15) is 18.4 Å². The third kappa shape index (κ3) is 5.57. The van der Waals surface area contributed by atoms with E-state index < -0.39 is 11.6 Å². The van der Waals surface area contributed by atoms with Gasteiger partial charge in [-0.25, -0.2) is 18.7 Å². The van der Waals surface area contributed by atoms with Crippen LogP contribution in [0.4, 0.5) is 14.7 Å². The first-order chi connectivity index (χ1) is 21.4. The summed E-state index contributed by atoms with van der Waals surface area (Å²) in [5, 5.41) is 0. The van der Waals surface area contributed by atoms with E-state index in [0.29, 0.717) is 37.5 Å². The third-order valence-corrected chi connectivity index (χ3v) is 10.4. The average molecular weight is 600 g/mol. The topological polar surface area (TPSA) is 69.6 Å². The van der Waals surface area contributed by atoms with Crippen molar-refractivity contribution in [2.45, 2.75) is 63.3 Å². The Morgan fingerprint density at radius 1 is 0.886 bits per heavy atom. The fourth-order valence-electron chi connectivity index (χ4n) is 7.65.